The van der Waals surface area contributed by atoms with E-state index in [4.69, 9.17) is 10.5 Å². The highest BCUT2D eigenvalue weighted by atomic mass is 16.5. The molecule has 2 heterocycles. The number of pyridine rings is 1. The van der Waals surface area contributed by atoms with Gasteiger partial charge >= 0.3 is 0 Å². The minimum atomic E-state index is -0.545. The minimum Gasteiger partial charge on any atom is -0.489 e. The summed E-state index contributed by atoms with van der Waals surface area (Å²) < 4.78 is 7.32. The number of primary amides is 1. The summed E-state index contributed by atoms with van der Waals surface area (Å²) in [5, 5.41) is 4.08. The molecule has 0 aliphatic rings. The van der Waals surface area contributed by atoms with Crippen molar-refractivity contribution in [3.8, 4) is 17.0 Å². The fourth-order valence-corrected chi connectivity index (χ4v) is 2.72. The Kier molecular flexibility index (Phi) is 4.07. The van der Waals surface area contributed by atoms with Crippen LogP contribution in [-0.2, 0) is 6.61 Å². The number of rotatable bonds is 5. The van der Waals surface area contributed by atoms with Crippen molar-refractivity contribution in [2.24, 2.45) is 5.73 Å². The summed E-state index contributed by atoms with van der Waals surface area (Å²) >= 11 is 0. The first-order valence-corrected chi connectivity index (χ1v) is 8.05. The maximum Gasteiger partial charge on any atom is 0.252 e. The van der Waals surface area contributed by atoms with Gasteiger partial charge < -0.3 is 10.5 Å². The number of ether oxygens (including phenoxy) is 1. The largest absolute Gasteiger partial charge is 0.489 e. The zero-order chi connectivity index (χ0) is 17.9. The Morgan fingerprint density at radius 3 is 2.54 bits per heavy atom. The van der Waals surface area contributed by atoms with Gasteiger partial charge in [-0.25, -0.2) is 9.50 Å². The molecule has 0 atom stereocenters. The quantitative estimate of drug-likeness (QED) is 0.604. The molecule has 4 aromatic rings. The number of fused-ring (bicyclic) bond motifs is 1. The third-order valence-corrected chi connectivity index (χ3v) is 4.04. The molecule has 0 aliphatic carbocycles. The molecule has 0 fully saturated rings. The number of nitrogens with two attached hydrogens (primary N) is 1. The maximum absolute atomic E-state index is 11.5. The molecule has 1 amide bonds. The smallest absolute Gasteiger partial charge is 0.252 e. The molecule has 0 unspecified atom stereocenters. The zero-order valence-corrected chi connectivity index (χ0v) is 13.8. The molecule has 0 aliphatic heterocycles. The number of amides is 1. The van der Waals surface area contributed by atoms with Crippen LogP contribution in [0.2, 0.25) is 0 Å². The predicted molar refractivity (Wildman–Crippen MR) is 96.6 cm³/mol. The number of carbonyl (C=O) groups is 1. The lowest BCUT2D eigenvalue weighted by atomic mass is 10.1. The van der Waals surface area contributed by atoms with Crippen LogP contribution >= 0.6 is 0 Å². The summed E-state index contributed by atoms with van der Waals surface area (Å²) in [6.07, 6.45) is 2.53. The molecular weight excluding hydrogens is 328 g/mol. The fraction of sp³-hybridized carbons (Fsp3) is 0.0500. The number of aromatic nitrogens is 3. The van der Waals surface area contributed by atoms with E-state index in [9.17, 15) is 4.79 Å². The van der Waals surface area contributed by atoms with Crippen molar-refractivity contribution in [1.82, 2.24) is 14.6 Å². The first kappa shape index (κ1) is 15.8. The van der Waals surface area contributed by atoms with E-state index in [0.29, 0.717) is 17.8 Å². The van der Waals surface area contributed by atoms with Gasteiger partial charge in [0, 0.05) is 5.56 Å². The number of para-hydroxylation sites is 1. The van der Waals surface area contributed by atoms with Gasteiger partial charge in [0.25, 0.3) is 5.91 Å². The molecule has 0 saturated carbocycles. The number of carbonyl (C=O) groups excluding carboxylic acids is 1. The second-order valence-corrected chi connectivity index (χ2v) is 5.74. The molecule has 2 N–H and O–H groups in total. The molecule has 1 radical (unpaired) electrons. The van der Waals surface area contributed by atoms with E-state index in [1.54, 1.807) is 16.6 Å². The summed E-state index contributed by atoms with van der Waals surface area (Å²) in [6, 6.07) is 21.1. The van der Waals surface area contributed by atoms with E-state index >= 15 is 0 Å². The van der Waals surface area contributed by atoms with E-state index in [1.165, 1.54) is 0 Å². The third kappa shape index (κ3) is 3.00. The maximum atomic E-state index is 11.5. The second kappa shape index (κ2) is 6.68. The fourth-order valence-electron chi connectivity index (χ4n) is 2.72. The van der Waals surface area contributed by atoms with Crippen LogP contribution in [0.25, 0.3) is 16.9 Å². The van der Waals surface area contributed by atoms with Crippen molar-refractivity contribution in [2.45, 2.75) is 6.61 Å². The minimum absolute atomic E-state index is 0.315. The van der Waals surface area contributed by atoms with E-state index in [0.717, 1.165) is 22.6 Å². The van der Waals surface area contributed by atoms with Crippen molar-refractivity contribution < 1.29 is 9.53 Å². The Morgan fingerprint density at radius 1 is 1.04 bits per heavy atom. The van der Waals surface area contributed by atoms with Crippen LogP contribution in [0.1, 0.15) is 15.9 Å². The Balaban J connectivity index is 1.59. The molecule has 6 nitrogen and oxygen atoms in total. The summed E-state index contributed by atoms with van der Waals surface area (Å²) in [6.45, 7) is 0.484. The Labute approximate surface area is 149 Å². The number of nitrogens with zero attached hydrogens (tertiary/aromatic N) is 3. The normalized spacial score (nSPS) is 10.8. The van der Waals surface area contributed by atoms with Gasteiger partial charge in [-0.2, -0.15) is 0 Å². The summed E-state index contributed by atoms with van der Waals surface area (Å²) in [5.41, 5.74) is 8.88. The van der Waals surface area contributed by atoms with Gasteiger partial charge in [0.05, 0.1) is 11.3 Å². The Hall–Kier alpha value is -3.67. The molecule has 0 bridgehead atoms. The van der Waals surface area contributed by atoms with E-state index in [-0.39, 0.29) is 0 Å². The van der Waals surface area contributed by atoms with Crippen molar-refractivity contribution in [1.29, 1.82) is 0 Å². The first-order valence-electron chi connectivity index (χ1n) is 8.05. The number of hydrogen-bond acceptors (Lipinski definition) is 4. The van der Waals surface area contributed by atoms with Crippen molar-refractivity contribution in [3.05, 3.63) is 84.2 Å². The third-order valence-electron chi connectivity index (χ3n) is 4.04. The topological polar surface area (TPSA) is 82.5 Å². The van der Waals surface area contributed by atoms with Gasteiger partial charge in [-0.05, 0) is 29.8 Å². The van der Waals surface area contributed by atoms with E-state index in [2.05, 4.69) is 16.4 Å². The van der Waals surface area contributed by atoms with Crippen LogP contribution < -0.4 is 10.5 Å². The lowest BCUT2D eigenvalue weighted by Crippen LogP contribution is -2.13. The molecule has 2 aromatic heterocycles. The van der Waals surface area contributed by atoms with Gasteiger partial charge in [-0.15, -0.1) is 5.10 Å². The van der Waals surface area contributed by atoms with Crippen LogP contribution in [0.4, 0.5) is 0 Å². The average molecular weight is 343 g/mol. The molecule has 6 heteroatoms. The van der Waals surface area contributed by atoms with Crippen LogP contribution in [0.15, 0.2) is 66.7 Å². The SMILES string of the molecule is NC(=O)c1ccc(-c2ccc(COc3ccccc3)cc2)n2n[c]nc12. The van der Waals surface area contributed by atoms with Gasteiger partial charge in [0.15, 0.2) is 5.65 Å². The highest BCUT2D eigenvalue weighted by Gasteiger charge is 2.13. The molecule has 0 saturated heterocycles. The Bertz CT molecular complexity index is 1060. The molecular formula is C20H15N4O2. The average Bonchev–Trinajstić information content (AvgIpc) is 3.16. The molecule has 2 aromatic carbocycles. The molecule has 0 spiro atoms. The highest BCUT2D eigenvalue weighted by Crippen LogP contribution is 2.22. The summed E-state index contributed by atoms with van der Waals surface area (Å²) in [7, 11) is 0. The zero-order valence-electron chi connectivity index (χ0n) is 13.8. The number of benzene rings is 2. The monoisotopic (exact) mass is 343 g/mol. The van der Waals surface area contributed by atoms with Crippen molar-refractivity contribution >= 4 is 11.6 Å². The van der Waals surface area contributed by atoms with Gasteiger partial charge in [-0.1, -0.05) is 42.5 Å². The predicted octanol–water partition coefficient (Wildman–Crippen LogP) is 2.87. The highest BCUT2D eigenvalue weighted by molar-refractivity contribution is 5.99. The van der Waals surface area contributed by atoms with Crippen molar-refractivity contribution in [2.75, 3.05) is 0 Å². The van der Waals surface area contributed by atoms with Crippen LogP contribution in [-0.4, -0.2) is 20.5 Å². The Morgan fingerprint density at radius 2 is 1.81 bits per heavy atom. The first-order chi connectivity index (χ1) is 12.7. The van der Waals surface area contributed by atoms with Crippen LogP contribution in [0, 0.1) is 6.33 Å². The lowest BCUT2D eigenvalue weighted by Gasteiger charge is -2.09. The second-order valence-electron chi connectivity index (χ2n) is 5.74. The van der Waals surface area contributed by atoms with E-state index < -0.39 is 5.91 Å². The van der Waals surface area contributed by atoms with Gasteiger partial charge in [0.1, 0.15) is 12.4 Å². The van der Waals surface area contributed by atoms with Gasteiger partial charge in [-0.3, -0.25) is 4.79 Å². The summed E-state index contributed by atoms with van der Waals surface area (Å²) in [5.74, 6) is 0.287. The lowest BCUT2D eigenvalue weighted by molar-refractivity contribution is 0.100. The van der Waals surface area contributed by atoms with E-state index in [1.807, 2.05) is 54.6 Å². The van der Waals surface area contributed by atoms with Crippen LogP contribution in [0.3, 0.4) is 0 Å². The molecule has 26 heavy (non-hydrogen) atoms. The molecule has 4 rings (SSSR count). The molecule has 127 valence electrons. The summed E-state index contributed by atoms with van der Waals surface area (Å²) in [4.78, 5) is 15.5. The van der Waals surface area contributed by atoms with Gasteiger partial charge in [0.2, 0.25) is 6.33 Å². The number of hydrogen-bond donors (Lipinski definition) is 1. The standard InChI is InChI=1S/C20H15N4O2/c21-19(25)17-10-11-18(24-20(17)22-13-23-24)15-8-6-14(7-9-15)12-26-16-4-2-1-3-5-16/h1-11H,12H2,(H2,21,25). The van der Waals surface area contributed by atoms with Crippen molar-refractivity contribution in [3.63, 3.8) is 0 Å². The van der Waals surface area contributed by atoms with Crippen LogP contribution in [0.5, 0.6) is 5.75 Å².